The normalized spacial score (nSPS) is 16.5. The molecule has 1 saturated heterocycles. The molecule has 1 amide bonds. The average molecular weight is 440 g/mol. The summed E-state index contributed by atoms with van der Waals surface area (Å²) in [7, 11) is 0. The fraction of sp³-hybridized carbons (Fsp3) is 0.520. The van der Waals surface area contributed by atoms with Gasteiger partial charge in [-0.2, -0.15) is 0 Å². The maximum atomic E-state index is 12.1. The maximum absolute atomic E-state index is 12.1. The van der Waals surface area contributed by atoms with Gasteiger partial charge in [0, 0.05) is 50.4 Å². The van der Waals surface area contributed by atoms with Gasteiger partial charge < -0.3 is 20.4 Å². The second-order valence-corrected chi connectivity index (χ2v) is 8.34. The Morgan fingerprint density at radius 2 is 1.94 bits per heavy atom. The summed E-state index contributed by atoms with van der Waals surface area (Å²) in [5.74, 6) is 1.07. The Kier molecular flexibility index (Phi) is 9.16. The number of likely N-dealkylation sites (tertiary alicyclic amines) is 1. The number of guanidine groups is 1. The summed E-state index contributed by atoms with van der Waals surface area (Å²) in [5.41, 5.74) is 2.23. The predicted octanol–water partition coefficient (Wildman–Crippen LogP) is 3.49. The topological polar surface area (TPSA) is 81.9 Å². The van der Waals surface area contributed by atoms with Crippen molar-refractivity contribution in [3.63, 3.8) is 0 Å². The molecule has 0 bridgehead atoms. The lowest BCUT2D eigenvalue weighted by Gasteiger charge is -2.37. The van der Waals surface area contributed by atoms with E-state index in [-0.39, 0.29) is 5.91 Å². The standard InChI is InChI=1S/C25H37N5O2/c1-4-26-25(28-15-8-14-27-24(31)23-19(2)13-18-32-23)29-22-11-16-30(17-12-22)20(3)21-9-6-5-7-10-21/h5-7,9-10,13,18,20,22H,4,8,11-12,14-17H2,1-3H3,(H,27,31)(H2,26,28,29). The molecule has 1 aromatic carbocycles. The number of piperidine rings is 1. The van der Waals surface area contributed by atoms with Crippen LogP contribution in [0.25, 0.3) is 0 Å². The smallest absolute Gasteiger partial charge is 0.287 e. The van der Waals surface area contributed by atoms with Crippen LogP contribution < -0.4 is 16.0 Å². The van der Waals surface area contributed by atoms with Crippen molar-refractivity contribution in [2.75, 3.05) is 32.7 Å². The summed E-state index contributed by atoms with van der Waals surface area (Å²) < 4.78 is 5.22. The number of rotatable bonds is 9. The first-order valence-electron chi connectivity index (χ1n) is 11.7. The second kappa shape index (κ2) is 12.3. The quantitative estimate of drug-likeness (QED) is 0.317. The first-order chi connectivity index (χ1) is 15.6. The molecule has 0 radical (unpaired) electrons. The monoisotopic (exact) mass is 439 g/mol. The van der Waals surface area contributed by atoms with E-state index in [1.54, 1.807) is 6.07 Å². The van der Waals surface area contributed by atoms with Gasteiger partial charge in [-0.25, -0.2) is 0 Å². The number of hydrogen-bond donors (Lipinski definition) is 3. The molecule has 2 heterocycles. The summed E-state index contributed by atoms with van der Waals surface area (Å²) in [6.45, 7) is 10.4. The molecule has 2 aromatic rings. The molecule has 7 heteroatoms. The number of amides is 1. The van der Waals surface area contributed by atoms with Crippen molar-refractivity contribution in [2.24, 2.45) is 4.99 Å². The summed E-state index contributed by atoms with van der Waals surface area (Å²) in [6, 6.07) is 13.4. The molecular weight excluding hydrogens is 402 g/mol. The highest BCUT2D eigenvalue weighted by Crippen LogP contribution is 2.23. The van der Waals surface area contributed by atoms with Crippen molar-refractivity contribution in [3.8, 4) is 0 Å². The molecule has 1 atom stereocenters. The lowest BCUT2D eigenvalue weighted by molar-refractivity contribution is 0.0925. The van der Waals surface area contributed by atoms with Gasteiger partial charge in [-0.15, -0.1) is 0 Å². The molecule has 7 nitrogen and oxygen atoms in total. The molecule has 1 unspecified atom stereocenters. The van der Waals surface area contributed by atoms with Crippen LogP contribution in [0.1, 0.15) is 60.8 Å². The van der Waals surface area contributed by atoms with Crippen LogP contribution in [0, 0.1) is 6.92 Å². The highest BCUT2D eigenvalue weighted by molar-refractivity contribution is 5.92. The highest BCUT2D eigenvalue weighted by Gasteiger charge is 2.24. The van der Waals surface area contributed by atoms with Crippen molar-refractivity contribution in [1.29, 1.82) is 0 Å². The fourth-order valence-electron chi connectivity index (χ4n) is 4.04. The number of nitrogens with one attached hydrogen (secondary N) is 3. The summed E-state index contributed by atoms with van der Waals surface area (Å²) in [4.78, 5) is 19.3. The summed E-state index contributed by atoms with van der Waals surface area (Å²) in [5, 5.41) is 9.83. The zero-order chi connectivity index (χ0) is 22.8. The first kappa shape index (κ1) is 23.9. The van der Waals surface area contributed by atoms with Crippen LogP contribution in [0.2, 0.25) is 0 Å². The van der Waals surface area contributed by atoms with E-state index in [1.807, 2.05) is 6.92 Å². The minimum atomic E-state index is -0.169. The van der Waals surface area contributed by atoms with Crippen LogP contribution in [-0.4, -0.2) is 55.5 Å². The van der Waals surface area contributed by atoms with Crippen molar-refractivity contribution in [2.45, 2.75) is 52.1 Å². The van der Waals surface area contributed by atoms with E-state index in [4.69, 9.17) is 9.41 Å². The third-order valence-electron chi connectivity index (χ3n) is 6.00. The molecule has 0 aliphatic carbocycles. The van der Waals surface area contributed by atoms with Crippen molar-refractivity contribution < 1.29 is 9.21 Å². The van der Waals surface area contributed by atoms with E-state index < -0.39 is 0 Å². The van der Waals surface area contributed by atoms with Crippen LogP contribution in [0.3, 0.4) is 0 Å². The molecular formula is C25H37N5O2. The van der Waals surface area contributed by atoms with Crippen LogP contribution in [0.4, 0.5) is 0 Å². The van der Waals surface area contributed by atoms with Gasteiger partial charge in [-0.05, 0) is 51.7 Å². The molecule has 32 heavy (non-hydrogen) atoms. The Balaban J connectivity index is 1.39. The molecule has 1 aliphatic heterocycles. The predicted molar refractivity (Wildman–Crippen MR) is 129 cm³/mol. The van der Waals surface area contributed by atoms with Crippen molar-refractivity contribution >= 4 is 11.9 Å². The Morgan fingerprint density at radius 3 is 2.59 bits per heavy atom. The minimum absolute atomic E-state index is 0.169. The maximum Gasteiger partial charge on any atom is 0.287 e. The van der Waals surface area contributed by atoms with E-state index in [1.165, 1.54) is 11.8 Å². The number of nitrogens with zero attached hydrogens (tertiary/aromatic N) is 2. The number of aliphatic imine (C=N–C) groups is 1. The van der Waals surface area contributed by atoms with Gasteiger partial charge in [-0.1, -0.05) is 30.3 Å². The zero-order valence-electron chi connectivity index (χ0n) is 19.6. The number of benzene rings is 1. The molecule has 174 valence electrons. The number of carbonyl (C=O) groups is 1. The Labute approximate surface area is 191 Å². The largest absolute Gasteiger partial charge is 0.459 e. The van der Waals surface area contributed by atoms with Gasteiger partial charge in [-0.3, -0.25) is 14.7 Å². The molecule has 1 fully saturated rings. The van der Waals surface area contributed by atoms with Crippen molar-refractivity contribution in [1.82, 2.24) is 20.9 Å². The van der Waals surface area contributed by atoms with Crippen LogP contribution in [0.5, 0.6) is 0 Å². The SMILES string of the molecule is CCNC(=NCCCNC(=O)c1occc1C)NC1CCN(C(C)c2ccccc2)CC1. The van der Waals surface area contributed by atoms with Crippen LogP contribution in [0.15, 0.2) is 52.1 Å². The van der Waals surface area contributed by atoms with Crippen LogP contribution >= 0.6 is 0 Å². The molecule has 0 spiro atoms. The Bertz CT molecular complexity index is 856. The van der Waals surface area contributed by atoms with Gasteiger partial charge in [0.05, 0.1) is 6.26 Å². The third kappa shape index (κ3) is 6.85. The van der Waals surface area contributed by atoms with E-state index in [9.17, 15) is 4.79 Å². The number of furan rings is 1. The lowest BCUT2D eigenvalue weighted by atomic mass is 10.0. The Hall–Kier alpha value is -2.80. The van der Waals surface area contributed by atoms with Gasteiger partial charge in [0.1, 0.15) is 0 Å². The first-order valence-corrected chi connectivity index (χ1v) is 11.7. The van der Waals surface area contributed by atoms with Gasteiger partial charge >= 0.3 is 0 Å². The van der Waals surface area contributed by atoms with E-state index in [0.717, 1.165) is 50.4 Å². The summed E-state index contributed by atoms with van der Waals surface area (Å²) in [6.07, 6.45) is 4.51. The highest BCUT2D eigenvalue weighted by atomic mass is 16.3. The van der Waals surface area contributed by atoms with Gasteiger partial charge in [0.15, 0.2) is 11.7 Å². The minimum Gasteiger partial charge on any atom is -0.459 e. The molecule has 3 rings (SSSR count). The zero-order valence-corrected chi connectivity index (χ0v) is 19.6. The Morgan fingerprint density at radius 1 is 1.19 bits per heavy atom. The van der Waals surface area contributed by atoms with Crippen LogP contribution in [-0.2, 0) is 0 Å². The lowest BCUT2D eigenvalue weighted by Crippen LogP contribution is -2.49. The average Bonchev–Trinajstić information content (AvgIpc) is 3.25. The third-order valence-corrected chi connectivity index (χ3v) is 6.00. The molecule has 1 aliphatic rings. The number of carbonyl (C=O) groups excluding carboxylic acids is 1. The van der Waals surface area contributed by atoms with Gasteiger partial charge in [0.25, 0.3) is 5.91 Å². The fourth-order valence-corrected chi connectivity index (χ4v) is 4.04. The number of hydrogen-bond acceptors (Lipinski definition) is 4. The molecule has 0 saturated carbocycles. The summed E-state index contributed by atoms with van der Waals surface area (Å²) >= 11 is 0. The second-order valence-electron chi connectivity index (χ2n) is 8.34. The van der Waals surface area contributed by atoms with E-state index in [0.29, 0.717) is 30.9 Å². The van der Waals surface area contributed by atoms with Gasteiger partial charge in [0.2, 0.25) is 0 Å². The van der Waals surface area contributed by atoms with E-state index >= 15 is 0 Å². The van der Waals surface area contributed by atoms with E-state index in [2.05, 4.69) is 65.0 Å². The molecule has 3 N–H and O–H groups in total. The molecule has 1 aromatic heterocycles. The number of aryl methyl sites for hydroxylation is 1. The van der Waals surface area contributed by atoms with Crippen molar-refractivity contribution in [3.05, 3.63) is 59.5 Å².